The normalized spacial score (nSPS) is 12.7. The Hall–Kier alpha value is -1.08. The summed E-state index contributed by atoms with van der Waals surface area (Å²) in [5.74, 6) is 0.158. The van der Waals surface area contributed by atoms with Gasteiger partial charge in [0.25, 0.3) is 0 Å². The number of thioether (sulfide) groups is 1. The molecule has 0 aliphatic heterocycles. The summed E-state index contributed by atoms with van der Waals surface area (Å²) in [6, 6.07) is 4.01. The molecule has 0 heterocycles. The first kappa shape index (κ1) is 15.0. The second-order valence-corrected chi connectivity index (χ2v) is 4.85. The summed E-state index contributed by atoms with van der Waals surface area (Å²) < 4.78 is 36.8. The van der Waals surface area contributed by atoms with Crippen molar-refractivity contribution in [1.29, 1.82) is 0 Å². The minimum Gasteiger partial charge on any atom is -0.370 e. The predicted octanol–water partition coefficient (Wildman–Crippen LogP) is 3.33. The number of nitrogens with two attached hydrogens (primary N) is 1. The zero-order valence-electron chi connectivity index (χ0n) is 9.62. The molecule has 1 aromatic rings. The van der Waals surface area contributed by atoms with Crippen molar-refractivity contribution in [3.63, 3.8) is 0 Å². The van der Waals surface area contributed by atoms with E-state index in [-0.39, 0.29) is 22.6 Å². The highest BCUT2D eigenvalue weighted by Gasteiger charge is 2.29. The van der Waals surface area contributed by atoms with Crippen molar-refractivity contribution in [1.82, 2.24) is 0 Å². The van der Waals surface area contributed by atoms with E-state index in [2.05, 4.69) is 4.99 Å². The van der Waals surface area contributed by atoms with Gasteiger partial charge >= 0.3 is 5.51 Å². The fraction of sp³-hybridized carbons (Fsp3) is 0.300. The van der Waals surface area contributed by atoms with Gasteiger partial charge in [-0.3, -0.25) is 4.99 Å². The average Bonchev–Trinajstić information content (AvgIpc) is 2.28. The van der Waals surface area contributed by atoms with Crippen LogP contribution in [0.3, 0.4) is 0 Å². The Kier molecular flexibility index (Phi) is 4.75. The van der Waals surface area contributed by atoms with Crippen LogP contribution in [0.4, 0.5) is 18.9 Å². The van der Waals surface area contributed by atoms with E-state index in [0.29, 0.717) is 10.7 Å². The van der Waals surface area contributed by atoms with Gasteiger partial charge in [0.1, 0.15) is 0 Å². The van der Waals surface area contributed by atoms with Crippen LogP contribution in [0.1, 0.15) is 0 Å². The molecule has 0 saturated heterocycles. The van der Waals surface area contributed by atoms with E-state index >= 15 is 0 Å². The van der Waals surface area contributed by atoms with Crippen molar-refractivity contribution in [3.8, 4) is 0 Å². The van der Waals surface area contributed by atoms with Gasteiger partial charge in [-0.2, -0.15) is 13.2 Å². The quantitative estimate of drug-likeness (QED) is 0.517. The number of rotatable bonds is 2. The molecule has 0 fully saturated rings. The standard InChI is InChI=1S/C10H11ClF3N3S/c1-16-9(15)17(2)8-5-6(3-4-7(8)11)18-10(12,13)14/h3-5H,1-2H3,(H2,15,16). The first-order valence-corrected chi connectivity index (χ1v) is 5.95. The van der Waals surface area contributed by atoms with Crippen molar-refractivity contribution in [3.05, 3.63) is 23.2 Å². The van der Waals surface area contributed by atoms with Crippen LogP contribution in [0.15, 0.2) is 28.1 Å². The summed E-state index contributed by atoms with van der Waals surface area (Å²) in [6.07, 6.45) is 0. The summed E-state index contributed by atoms with van der Waals surface area (Å²) in [7, 11) is 3.06. The maximum atomic E-state index is 12.3. The largest absolute Gasteiger partial charge is 0.446 e. The topological polar surface area (TPSA) is 41.6 Å². The van der Waals surface area contributed by atoms with E-state index < -0.39 is 5.51 Å². The third kappa shape index (κ3) is 3.99. The molecular formula is C10H11ClF3N3S. The van der Waals surface area contributed by atoms with Gasteiger partial charge in [0.05, 0.1) is 10.7 Å². The molecule has 0 radical (unpaired) electrons. The van der Waals surface area contributed by atoms with Crippen LogP contribution < -0.4 is 10.6 Å². The van der Waals surface area contributed by atoms with Gasteiger partial charge in [-0.05, 0) is 30.0 Å². The predicted molar refractivity (Wildman–Crippen MR) is 69.3 cm³/mol. The van der Waals surface area contributed by atoms with E-state index in [1.165, 1.54) is 30.1 Å². The Balaban J connectivity index is 3.09. The smallest absolute Gasteiger partial charge is 0.370 e. The molecule has 0 spiro atoms. The number of benzene rings is 1. The lowest BCUT2D eigenvalue weighted by molar-refractivity contribution is -0.0328. The Morgan fingerprint density at radius 3 is 2.56 bits per heavy atom. The van der Waals surface area contributed by atoms with E-state index in [0.717, 1.165) is 0 Å². The highest BCUT2D eigenvalue weighted by Crippen LogP contribution is 2.39. The molecule has 0 bridgehead atoms. The maximum absolute atomic E-state index is 12.3. The first-order chi connectivity index (χ1) is 8.24. The molecule has 0 aliphatic rings. The van der Waals surface area contributed by atoms with Gasteiger partial charge in [-0.1, -0.05) is 11.6 Å². The van der Waals surface area contributed by atoms with Gasteiger partial charge in [0, 0.05) is 19.0 Å². The Morgan fingerprint density at radius 2 is 2.06 bits per heavy atom. The number of guanidine groups is 1. The van der Waals surface area contributed by atoms with Crippen LogP contribution in [0.2, 0.25) is 5.02 Å². The molecule has 0 aliphatic carbocycles. The molecule has 0 amide bonds. The summed E-state index contributed by atoms with van der Waals surface area (Å²) in [5.41, 5.74) is 1.61. The Labute approximate surface area is 112 Å². The number of anilines is 1. The molecule has 18 heavy (non-hydrogen) atoms. The lowest BCUT2D eigenvalue weighted by atomic mass is 10.3. The summed E-state index contributed by atoms with van der Waals surface area (Å²) in [5, 5.41) is 0.302. The lowest BCUT2D eigenvalue weighted by Gasteiger charge is -2.20. The molecule has 0 saturated carbocycles. The number of alkyl halides is 3. The molecule has 3 nitrogen and oxygen atoms in total. The Morgan fingerprint density at radius 1 is 1.44 bits per heavy atom. The van der Waals surface area contributed by atoms with Crippen molar-refractivity contribution in [2.24, 2.45) is 10.7 Å². The number of hydrogen-bond donors (Lipinski definition) is 1. The van der Waals surface area contributed by atoms with Crippen LogP contribution >= 0.6 is 23.4 Å². The molecule has 1 rings (SSSR count). The first-order valence-electron chi connectivity index (χ1n) is 4.76. The molecule has 0 atom stereocenters. The van der Waals surface area contributed by atoms with Crippen molar-refractivity contribution in [2.45, 2.75) is 10.4 Å². The fourth-order valence-corrected chi connectivity index (χ4v) is 2.04. The molecule has 1 aromatic carbocycles. The van der Waals surface area contributed by atoms with Gasteiger partial charge in [0.15, 0.2) is 5.96 Å². The molecule has 8 heteroatoms. The monoisotopic (exact) mass is 297 g/mol. The minimum absolute atomic E-state index is 0.0395. The van der Waals surface area contributed by atoms with Crippen molar-refractivity contribution in [2.75, 3.05) is 19.0 Å². The minimum atomic E-state index is -4.34. The zero-order chi connectivity index (χ0) is 13.9. The number of nitrogens with zero attached hydrogens (tertiary/aromatic N) is 2. The second kappa shape index (κ2) is 5.71. The molecule has 2 N–H and O–H groups in total. The van der Waals surface area contributed by atoms with Gasteiger partial charge in [-0.25, -0.2) is 0 Å². The number of hydrogen-bond acceptors (Lipinski definition) is 2. The third-order valence-electron chi connectivity index (χ3n) is 2.09. The Bertz CT molecular complexity index is 462. The molecule has 100 valence electrons. The van der Waals surface area contributed by atoms with Crippen LogP contribution in [0.25, 0.3) is 0 Å². The zero-order valence-corrected chi connectivity index (χ0v) is 11.2. The van der Waals surface area contributed by atoms with Crippen molar-refractivity contribution < 1.29 is 13.2 Å². The second-order valence-electron chi connectivity index (χ2n) is 3.30. The highest BCUT2D eigenvalue weighted by atomic mass is 35.5. The van der Waals surface area contributed by atoms with E-state index in [4.69, 9.17) is 17.3 Å². The van der Waals surface area contributed by atoms with Crippen LogP contribution in [0, 0.1) is 0 Å². The average molecular weight is 298 g/mol. The third-order valence-corrected chi connectivity index (χ3v) is 3.13. The van der Waals surface area contributed by atoms with Crippen LogP contribution in [0.5, 0.6) is 0 Å². The SMILES string of the molecule is CN=C(N)N(C)c1cc(SC(F)(F)F)ccc1Cl. The summed E-state index contributed by atoms with van der Waals surface area (Å²) in [6.45, 7) is 0. The molecule has 0 unspecified atom stereocenters. The molecular weight excluding hydrogens is 287 g/mol. The van der Waals surface area contributed by atoms with E-state index in [1.54, 1.807) is 7.05 Å². The number of halogens is 4. The molecule has 0 aromatic heterocycles. The van der Waals surface area contributed by atoms with Gasteiger partial charge in [0.2, 0.25) is 0 Å². The van der Waals surface area contributed by atoms with E-state index in [1.807, 2.05) is 0 Å². The van der Waals surface area contributed by atoms with Crippen LogP contribution in [-0.4, -0.2) is 25.6 Å². The van der Waals surface area contributed by atoms with Gasteiger partial charge < -0.3 is 10.6 Å². The fourth-order valence-electron chi connectivity index (χ4n) is 1.22. The van der Waals surface area contributed by atoms with Crippen LogP contribution in [-0.2, 0) is 0 Å². The number of aliphatic imine (C=N–C) groups is 1. The summed E-state index contributed by atoms with van der Waals surface area (Å²) in [4.78, 5) is 5.20. The lowest BCUT2D eigenvalue weighted by Crippen LogP contribution is -2.33. The van der Waals surface area contributed by atoms with Gasteiger partial charge in [-0.15, -0.1) is 0 Å². The van der Waals surface area contributed by atoms with Crippen molar-refractivity contribution >= 4 is 35.0 Å². The summed E-state index contributed by atoms with van der Waals surface area (Å²) >= 11 is 5.71. The maximum Gasteiger partial charge on any atom is 0.446 e. The van der Waals surface area contributed by atoms with E-state index in [9.17, 15) is 13.2 Å². The highest BCUT2D eigenvalue weighted by molar-refractivity contribution is 8.00.